The van der Waals surface area contributed by atoms with Crippen LogP contribution in [0.3, 0.4) is 0 Å². The molecule has 6 rings (SSSR count). The summed E-state index contributed by atoms with van der Waals surface area (Å²) in [6.07, 6.45) is 3.69. The lowest BCUT2D eigenvalue weighted by atomic mass is 9.76. The summed E-state index contributed by atoms with van der Waals surface area (Å²) in [5.74, 6) is 1.97. The number of ether oxygens (including phenoxy) is 1. The van der Waals surface area contributed by atoms with Crippen LogP contribution in [-0.4, -0.2) is 82.5 Å². The first-order chi connectivity index (χ1) is 17.4. The number of benzene rings is 1. The van der Waals surface area contributed by atoms with Crippen LogP contribution in [0.15, 0.2) is 30.9 Å². The lowest BCUT2D eigenvalue weighted by Crippen LogP contribution is -2.47. The second-order valence-corrected chi connectivity index (χ2v) is 10.3. The van der Waals surface area contributed by atoms with E-state index in [-0.39, 0.29) is 5.82 Å². The number of nitrogen functional groups attached to an aromatic ring is 1. The first-order valence-corrected chi connectivity index (χ1v) is 12.5. The van der Waals surface area contributed by atoms with E-state index in [1.54, 1.807) is 4.57 Å². The molecule has 11 heteroatoms. The van der Waals surface area contributed by atoms with Crippen LogP contribution in [0, 0.1) is 12.8 Å². The topological polar surface area (TPSA) is 151 Å². The number of hydrogen-bond donors (Lipinski definition) is 4. The van der Waals surface area contributed by atoms with Gasteiger partial charge in [0.25, 0.3) is 0 Å². The third-order valence-corrected chi connectivity index (χ3v) is 7.78. The summed E-state index contributed by atoms with van der Waals surface area (Å²) >= 11 is 0. The van der Waals surface area contributed by atoms with E-state index in [1.165, 1.54) is 18.2 Å². The van der Waals surface area contributed by atoms with Crippen molar-refractivity contribution in [1.82, 2.24) is 34.4 Å². The number of nitrogens with zero attached hydrogens (tertiary/aromatic N) is 6. The zero-order valence-corrected chi connectivity index (χ0v) is 20.4. The van der Waals surface area contributed by atoms with Crippen molar-refractivity contribution < 1.29 is 14.9 Å². The van der Waals surface area contributed by atoms with Gasteiger partial charge in [0.15, 0.2) is 17.7 Å². The maximum Gasteiger partial charge on any atom is 0.167 e. The molecule has 0 amide bonds. The number of aliphatic hydroxyl groups excluding tert-OH is 2. The molecule has 0 radical (unpaired) electrons. The molecule has 190 valence electrons. The van der Waals surface area contributed by atoms with Crippen molar-refractivity contribution in [3.05, 3.63) is 42.2 Å². The van der Waals surface area contributed by atoms with E-state index in [4.69, 9.17) is 15.5 Å². The van der Waals surface area contributed by atoms with Crippen molar-refractivity contribution in [2.45, 2.75) is 63.2 Å². The second kappa shape index (κ2) is 9.07. The lowest BCUT2D eigenvalue weighted by molar-refractivity contribution is -0.0514. The summed E-state index contributed by atoms with van der Waals surface area (Å²) in [5, 5.41) is 21.4. The summed E-state index contributed by atoms with van der Waals surface area (Å²) in [4.78, 5) is 22.8. The lowest BCUT2D eigenvalue weighted by Gasteiger charge is -2.42. The molecule has 0 bridgehead atoms. The highest BCUT2D eigenvalue weighted by Crippen LogP contribution is 2.37. The normalized spacial score (nSPS) is 28.4. The van der Waals surface area contributed by atoms with Crippen molar-refractivity contribution >= 4 is 28.0 Å². The van der Waals surface area contributed by atoms with Crippen LogP contribution in [0.25, 0.3) is 22.2 Å². The summed E-state index contributed by atoms with van der Waals surface area (Å²) in [5.41, 5.74) is 10.1. The first kappa shape index (κ1) is 23.3. The first-order valence-electron chi connectivity index (χ1n) is 12.5. The molecule has 1 saturated heterocycles. The smallest absolute Gasteiger partial charge is 0.167 e. The van der Waals surface area contributed by atoms with Crippen LogP contribution < -0.4 is 5.73 Å². The predicted octanol–water partition coefficient (Wildman–Crippen LogP) is 1.56. The molecule has 36 heavy (non-hydrogen) atoms. The quantitative estimate of drug-likeness (QED) is 0.301. The molecule has 0 unspecified atom stereocenters. The van der Waals surface area contributed by atoms with Gasteiger partial charge in [-0.25, -0.2) is 19.9 Å². The van der Waals surface area contributed by atoms with Crippen LogP contribution in [-0.2, 0) is 11.2 Å². The van der Waals surface area contributed by atoms with Crippen LogP contribution in [0.4, 0.5) is 5.82 Å². The molecule has 1 aromatic carbocycles. The number of hydrogen-bond acceptors (Lipinski definition) is 9. The average molecular weight is 493 g/mol. The maximum absolute atomic E-state index is 10.7. The molecule has 4 heterocycles. The molecule has 4 aromatic rings. The van der Waals surface area contributed by atoms with E-state index in [0.717, 1.165) is 42.5 Å². The summed E-state index contributed by atoms with van der Waals surface area (Å²) < 4.78 is 7.72. The van der Waals surface area contributed by atoms with Crippen LogP contribution in [0.1, 0.15) is 36.9 Å². The van der Waals surface area contributed by atoms with Crippen LogP contribution in [0.5, 0.6) is 0 Å². The Morgan fingerprint density at radius 2 is 2.03 bits per heavy atom. The number of aromatic amines is 1. The largest absolute Gasteiger partial charge is 0.387 e. The van der Waals surface area contributed by atoms with E-state index in [1.807, 2.05) is 0 Å². The highest BCUT2D eigenvalue weighted by molar-refractivity contribution is 5.81. The monoisotopic (exact) mass is 492 g/mol. The number of fused-ring (bicyclic) bond motifs is 2. The number of anilines is 1. The van der Waals surface area contributed by atoms with Crippen molar-refractivity contribution in [1.29, 1.82) is 0 Å². The number of likely N-dealkylation sites (N-methyl/N-ethyl adjacent to an activating group) is 1. The Labute approximate surface area is 208 Å². The van der Waals surface area contributed by atoms with Crippen LogP contribution in [0.2, 0.25) is 0 Å². The Hall–Kier alpha value is -3.12. The standard InChI is InChI=1S/C25H32N8O3/c1-13-3-5-16-17(7-13)31-19(30-16)6-4-14-8-15(9-14)32(2)10-18-21(34)22(35)25(36-18)33-12-29-20-23(26)27-11-28-24(20)33/h3,5,7,11-12,14-15,18,21-22,25,34-35H,4,6,8-10H2,1-2H3,(H,30,31)(H2,26,27,28)/t14-,15+,18-,21-,22-,25-/m1/s1. The van der Waals surface area contributed by atoms with E-state index in [2.05, 4.69) is 57.0 Å². The molecule has 2 fully saturated rings. The number of aryl methyl sites for hydroxylation is 2. The number of imidazole rings is 2. The van der Waals surface area contributed by atoms with Crippen molar-refractivity contribution in [2.75, 3.05) is 19.3 Å². The van der Waals surface area contributed by atoms with Crippen molar-refractivity contribution in [3.63, 3.8) is 0 Å². The summed E-state index contributed by atoms with van der Waals surface area (Å²) in [6.45, 7) is 2.61. The van der Waals surface area contributed by atoms with E-state index in [0.29, 0.717) is 29.7 Å². The van der Waals surface area contributed by atoms with Gasteiger partial charge in [-0.05, 0) is 56.8 Å². The van der Waals surface area contributed by atoms with Crippen molar-refractivity contribution in [3.8, 4) is 0 Å². The highest BCUT2D eigenvalue weighted by Gasteiger charge is 2.45. The van der Waals surface area contributed by atoms with Gasteiger partial charge in [-0.3, -0.25) is 4.57 Å². The molecule has 2 aliphatic rings. The number of H-pyrrole nitrogens is 1. The minimum atomic E-state index is -1.10. The van der Waals surface area contributed by atoms with Gasteiger partial charge in [-0.1, -0.05) is 6.07 Å². The minimum absolute atomic E-state index is 0.262. The maximum atomic E-state index is 10.7. The second-order valence-electron chi connectivity index (χ2n) is 10.3. The number of rotatable bonds is 7. The number of aliphatic hydroxyl groups is 2. The number of nitrogens with two attached hydrogens (primary N) is 1. The van der Waals surface area contributed by atoms with Gasteiger partial charge in [-0.2, -0.15) is 0 Å². The van der Waals surface area contributed by atoms with Crippen molar-refractivity contribution in [2.24, 2.45) is 5.92 Å². The van der Waals surface area contributed by atoms with Crippen LogP contribution >= 0.6 is 0 Å². The predicted molar refractivity (Wildman–Crippen MR) is 134 cm³/mol. The van der Waals surface area contributed by atoms with Gasteiger partial charge in [-0.15, -0.1) is 0 Å². The molecule has 5 N–H and O–H groups in total. The zero-order chi connectivity index (χ0) is 25.0. The van der Waals surface area contributed by atoms with E-state index < -0.39 is 24.5 Å². The van der Waals surface area contributed by atoms with Gasteiger partial charge in [0.2, 0.25) is 0 Å². The fourth-order valence-corrected chi connectivity index (χ4v) is 5.52. The van der Waals surface area contributed by atoms with Gasteiger partial charge in [0.05, 0.1) is 17.4 Å². The molecule has 0 spiro atoms. The van der Waals surface area contributed by atoms with Gasteiger partial charge >= 0.3 is 0 Å². The average Bonchev–Trinajstić information content (AvgIpc) is 3.50. The Kier molecular flexibility index (Phi) is 5.87. The third-order valence-electron chi connectivity index (χ3n) is 7.78. The SMILES string of the molecule is Cc1ccc2[nH]c(CC[C@H]3C[C@@H](N(C)C[C@H]4O[C@@H](n5cnc6c(N)ncnc65)[C@H](O)[C@@H]4O)C3)nc2c1. The number of nitrogens with one attached hydrogen (secondary N) is 1. The van der Waals surface area contributed by atoms with Gasteiger partial charge in [0.1, 0.15) is 36.0 Å². The minimum Gasteiger partial charge on any atom is -0.387 e. The van der Waals surface area contributed by atoms with E-state index in [9.17, 15) is 10.2 Å². The molecule has 11 nitrogen and oxygen atoms in total. The number of aromatic nitrogens is 6. The summed E-state index contributed by atoms with van der Waals surface area (Å²) in [7, 11) is 2.05. The molecule has 1 aliphatic carbocycles. The zero-order valence-electron chi connectivity index (χ0n) is 20.4. The Bertz CT molecular complexity index is 1380. The summed E-state index contributed by atoms with van der Waals surface area (Å²) in [6, 6.07) is 6.74. The van der Waals surface area contributed by atoms with Gasteiger partial charge in [0, 0.05) is 19.0 Å². The fourth-order valence-electron chi connectivity index (χ4n) is 5.52. The Morgan fingerprint density at radius 3 is 2.86 bits per heavy atom. The Morgan fingerprint density at radius 1 is 1.19 bits per heavy atom. The molecular weight excluding hydrogens is 460 g/mol. The van der Waals surface area contributed by atoms with E-state index >= 15 is 0 Å². The molecule has 4 atom stereocenters. The molecular formula is C25H32N8O3. The molecule has 1 aliphatic heterocycles. The molecule has 3 aromatic heterocycles. The Balaban J connectivity index is 1.02. The highest BCUT2D eigenvalue weighted by atomic mass is 16.6. The van der Waals surface area contributed by atoms with Gasteiger partial charge < -0.3 is 30.6 Å². The third kappa shape index (κ3) is 4.11. The fraction of sp³-hybridized carbons (Fsp3) is 0.520. The molecule has 1 saturated carbocycles.